The van der Waals surface area contributed by atoms with E-state index in [0.29, 0.717) is 21.8 Å². The number of nitrogens with zero attached hydrogens (tertiary/aromatic N) is 6. The fraction of sp³-hybridized carbons (Fsp3) is 0.294. The Hall–Kier alpha value is -4.83. The number of halogens is 1. The summed E-state index contributed by atoms with van der Waals surface area (Å²) in [7, 11) is 0. The molecule has 0 aliphatic carbocycles. The Kier molecular flexibility index (Phi) is 4.09. The van der Waals surface area contributed by atoms with Crippen LogP contribution >= 0.6 is 12.4 Å². The number of hydrogen-bond acceptors (Lipinski definition) is 4. The van der Waals surface area contributed by atoms with E-state index in [0.717, 1.165) is 18.9 Å². The fourth-order valence-electron chi connectivity index (χ4n) is 5.59. The number of rotatable bonds is 4. The van der Waals surface area contributed by atoms with Gasteiger partial charge in [0, 0.05) is 101 Å². The molecule has 8 rings (SSSR count). The van der Waals surface area contributed by atoms with Crippen LogP contribution < -0.4 is 0 Å². The molecule has 45 heavy (non-hydrogen) atoms. The number of carbonyl (C=O) groups is 2. The van der Waals surface area contributed by atoms with Crippen molar-refractivity contribution in [1.82, 2.24) is 38.9 Å². The standard InChI is InChI=1S/2C17H18N4O.ClH/c2*1-11-13(19-10-18-11)9-21-8-7-15-16(17(21)22)12-5-3-4-6-14(12)20(15)2;/h2*3-6,10H,7-9H2,1-2H3,(H,18,19);1H/i2*1D3,2D3,9D2,10D;. The van der Waals surface area contributed by atoms with Crippen molar-refractivity contribution in [3.8, 4) is 0 Å². The van der Waals surface area contributed by atoms with Crippen LogP contribution in [0.15, 0.2) is 61.1 Å². The van der Waals surface area contributed by atoms with Gasteiger partial charge in [-0.3, -0.25) is 9.59 Å². The smallest absolute Gasteiger partial charge is 0.256 e. The molecule has 0 saturated carbocycles. The van der Waals surface area contributed by atoms with Gasteiger partial charge in [-0.1, -0.05) is 36.4 Å². The Bertz CT molecular complexity index is 2570. The molecule has 2 aromatic carbocycles. The number of carbonyl (C=O) groups excluding carboxylic acids is 2. The van der Waals surface area contributed by atoms with Crippen LogP contribution in [0.1, 0.15) is 79.6 Å². The number of aromatic amines is 2. The Labute approximate surface area is 292 Å². The van der Waals surface area contributed by atoms with Gasteiger partial charge in [-0.05, 0) is 25.8 Å². The fourth-order valence-corrected chi connectivity index (χ4v) is 5.59. The molecule has 0 spiro atoms. The number of H-pyrrole nitrogens is 2. The lowest BCUT2D eigenvalue weighted by molar-refractivity contribution is 0.0718. The summed E-state index contributed by atoms with van der Waals surface area (Å²) in [6, 6.07) is 13.0. The summed E-state index contributed by atoms with van der Waals surface area (Å²) in [5.74, 6) is -1.53. The lowest BCUT2D eigenvalue weighted by Gasteiger charge is -2.27. The van der Waals surface area contributed by atoms with E-state index in [1.54, 1.807) is 48.5 Å². The van der Waals surface area contributed by atoms with Crippen molar-refractivity contribution in [2.24, 2.45) is 14.0 Å². The number of nitrogens with one attached hydrogen (secondary N) is 2. The molecule has 0 radical (unpaired) electrons. The van der Waals surface area contributed by atoms with E-state index in [9.17, 15) is 9.59 Å². The zero-order valence-electron chi connectivity index (χ0n) is 41.4. The molecule has 2 N–H and O–H groups in total. The van der Waals surface area contributed by atoms with Crippen LogP contribution in [0.5, 0.6) is 0 Å². The number of hydrogen-bond donors (Lipinski definition) is 2. The molecule has 2 aliphatic heterocycles. The zero-order valence-corrected chi connectivity index (χ0v) is 24.2. The minimum atomic E-state index is -2.77. The first-order chi connectivity index (χ1) is 28.5. The molecule has 0 saturated heterocycles. The van der Waals surface area contributed by atoms with Gasteiger partial charge in [0.05, 0.1) is 53.6 Å². The summed E-state index contributed by atoms with van der Waals surface area (Å²) in [5, 5.41) is 0.747. The van der Waals surface area contributed by atoms with Crippen LogP contribution in [0.25, 0.3) is 21.8 Å². The molecule has 0 fully saturated rings. The average Bonchev–Trinajstić information content (AvgIpc) is 3.92. The molecular weight excluding hydrogens is 588 g/mol. The van der Waals surface area contributed by atoms with Crippen molar-refractivity contribution >= 4 is 46.0 Å². The highest BCUT2D eigenvalue weighted by atomic mass is 35.5. The van der Waals surface area contributed by atoms with E-state index < -0.39 is 87.8 Å². The van der Waals surface area contributed by atoms with Gasteiger partial charge in [0.15, 0.2) is 0 Å². The third kappa shape index (κ3) is 5.08. The largest absolute Gasteiger partial charge is 0.348 e. The summed E-state index contributed by atoms with van der Waals surface area (Å²) < 4.78 is 145. The summed E-state index contributed by atoms with van der Waals surface area (Å²) in [6.45, 7) is -16.3. The first-order valence-electron chi connectivity index (χ1n) is 22.5. The van der Waals surface area contributed by atoms with E-state index in [1.165, 1.54) is 0 Å². The van der Waals surface area contributed by atoms with E-state index in [-0.39, 0.29) is 60.9 Å². The second kappa shape index (κ2) is 11.9. The molecule has 4 aromatic heterocycles. The second-order valence-electron chi connectivity index (χ2n) is 10.1. The van der Waals surface area contributed by atoms with Crippen LogP contribution in [-0.2, 0) is 39.8 Å². The lowest BCUT2D eigenvalue weighted by Crippen LogP contribution is -2.37. The van der Waals surface area contributed by atoms with Crippen LogP contribution in [0.3, 0.4) is 0 Å². The minimum absolute atomic E-state index is 0. The van der Waals surface area contributed by atoms with E-state index >= 15 is 0 Å². The van der Waals surface area contributed by atoms with Crippen molar-refractivity contribution < 1.29 is 34.3 Å². The first kappa shape index (κ1) is 15.4. The van der Waals surface area contributed by atoms with Gasteiger partial charge in [0.25, 0.3) is 11.8 Å². The first-order valence-corrected chi connectivity index (χ1v) is 13.5. The number of imidazole rings is 2. The molecule has 2 amide bonds. The molecule has 232 valence electrons. The number of benzene rings is 2. The molecule has 10 nitrogen and oxygen atoms in total. The van der Waals surface area contributed by atoms with Crippen molar-refractivity contribution in [2.45, 2.75) is 39.5 Å². The summed E-state index contributed by atoms with van der Waals surface area (Å²) >= 11 is 0. The molecule has 11 heteroatoms. The number of fused-ring (bicyclic) bond motifs is 6. The van der Waals surface area contributed by atoms with Gasteiger partial charge in [-0.2, -0.15) is 0 Å². The number of aryl methyl sites for hydroxylation is 4. The Balaban J connectivity index is 0.000000206. The number of amides is 2. The molecule has 6 heterocycles. The van der Waals surface area contributed by atoms with Crippen molar-refractivity contribution in [1.29, 1.82) is 0 Å². The van der Waals surface area contributed by atoms with Gasteiger partial charge in [-0.15, -0.1) is 12.4 Å². The van der Waals surface area contributed by atoms with Gasteiger partial charge in [0.2, 0.25) is 0 Å². The molecule has 0 bridgehead atoms. The zero-order chi connectivity index (χ0) is 45.9. The highest BCUT2D eigenvalue weighted by Gasteiger charge is 2.31. The monoisotopic (exact) mass is 642 g/mol. The second-order valence-corrected chi connectivity index (χ2v) is 10.1. The summed E-state index contributed by atoms with van der Waals surface area (Å²) in [5.41, 5.74) is -0.869. The van der Waals surface area contributed by atoms with Crippen LogP contribution in [0.2, 0.25) is 0 Å². The average molecular weight is 643 g/mol. The summed E-state index contributed by atoms with van der Waals surface area (Å²) in [6.07, 6.45) is -0.965. The molecule has 2 aliphatic rings. The third-order valence-corrected chi connectivity index (χ3v) is 7.66. The van der Waals surface area contributed by atoms with Crippen LogP contribution in [0.4, 0.5) is 0 Å². The van der Waals surface area contributed by atoms with Crippen molar-refractivity contribution in [3.05, 3.63) is 106 Å². The van der Waals surface area contributed by atoms with Crippen LogP contribution in [0, 0.1) is 13.7 Å². The third-order valence-electron chi connectivity index (χ3n) is 7.66. The number of aromatic nitrogens is 6. The minimum Gasteiger partial charge on any atom is -0.348 e. The maximum atomic E-state index is 13.4. The maximum absolute atomic E-state index is 13.4. The highest BCUT2D eigenvalue weighted by molar-refractivity contribution is 6.10. The predicted octanol–water partition coefficient (Wildman–Crippen LogP) is 5.24. The SMILES string of the molecule is Cl.[2H]c1nc(C([2H])([2H])N2CCc3c(c4ccccc4n3C([2H])([2H])[2H])C2=O)c(C([2H])([2H])[2H])[nH]1.[2H]c1nc(C([2H])([2H])N2CCc3c(c4ccccc4n3C([2H])([2H])[2H])C2=O)c(C([2H])([2H])[2H])[nH]1. The normalized spacial score (nSPS) is 22.0. The van der Waals surface area contributed by atoms with Gasteiger partial charge in [-0.25, -0.2) is 9.97 Å². The molecule has 0 atom stereocenters. The van der Waals surface area contributed by atoms with Crippen molar-refractivity contribution in [3.63, 3.8) is 0 Å². The van der Waals surface area contributed by atoms with Crippen LogP contribution in [-0.4, -0.2) is 63.8 Å². The Morgan fingerprint density at radius 3 is 1.62 bits per heavy atom. The van der Waals surface area contributed by atoms with Crippen molar-refractivity contribution in [2.75, 3.05) is 13.1 Å². The molecular formula is C34H37ClN8O2. The van der Waals surface area contributed by atoms with Gasteiger partial charge >= 0.3 is 0 Å². The lowest BCUT2D eigenvalue weighted by atomic mass is 10.0. The maximum Gasteiger partial charge on any atom is 0.256 e. The molecule has 0 unspecified atom stereocenters. The Morgan fingerprint density at radius 1 is 0.756 bits per heavy atom. The highest BCUT2D eigenvalue weighted by Crippen LogP contribution is 2.32. The number of para-hydroxylation sites is 2. The predicted molar refractivity (Wildman–Crippen MR) is 177 cm³/mol. The summed E-state index contributed by atoms with van der Waals surface area (Å²) in [4.78, 5) is 40.5. The van der Waals surface area contributed by atoms with Gasteiger partial charge < -0.3 is 28.9 Å². The Morgan fingerprint density at radius 2 is 1.20 bits per heavy atom. The van der Waals surface area contributed by atoms with E-state index in [2.05, 4.69) is 19.9 Å². The molecule has 6 aromatic rings. The van der Waals surface area contributed by atoms with E-state index in [4.69, 9.17) is 24.7 Å². The quantitative estimate of drug-likeness (QED) is 0.274. The van der Waals surface area contributed by atoms with E-state index in [1.807, 2.05) is 0 Å². The topological polar surface area (TPSA) is 108 Å². The van der Waals surface area contributed by atoms with Gasteiger partial charge in [0.1, 0.15) is 2.74 Å².